The number of rotatable bonds is 0. The molecule has 0 aromatic carbocycles. The molecular weight excluding hydrogens is 173 g/mol. The molecule has 0 amide bonds. The van der Waals surface area contributed by atoms with Gasteiger partial charge in [-0.1, -0.05) is 0 Å². The quantitative estimate of drug-likeness (QED) is 0.303. The maximum Gasteiger partial charge on any atom is 1.00 e. The molecule has 1 nitrogen and oxygen atoms in total. The molecule has 0 spiro atoms. The van der Waals surface area contributed by atoms with Gasteiger partial charge in [-0.3, -0.25) is 0 Å². The Hall–Kier alpha value is 0.137. The van der Waals surface area contributed by atoms with Crippen LogP contribution in [0.15, 0.2) is 0 Å². The zero-order chi connectivity index (χ0) is 8.58. The molecule has 0 aromatic heterocycles. The van der Waals surface area contributed by atoms with Gasteiger partial charge < -0.3 is 5.11 Å². The van der Waals surface area contributed by atoms with E-state index in [1.54, 1.807) is 0 Å². The third-order valence-electron chi connectivity index (χ3n) is 0.595. The molecule has 0 rings (SSSR count). The van der Waals surface area contributed by atoms with Crippen LogP contribution in [0.2, 0.25) is 0 Å². The van der Waals surface area contributed by atoms with Crippen molar-refractivity contribution in [2.45, 2.75) is 18.5 Å². The molecule has 0 heterocycles. The summed E-state index contributed by atoms with van der Waals surface area (Å²) in [6.45, 7) is 0. The maximum atomic E-state index is 10.9. The normalized spacial score (nSPS) is 13.1. The van der Waals surface area contributed by atoms with Gasteiger partial charge >= 0.3 is 31.2 Å². The second-order valence-corrected chi connectivity index (χ2v) is 1.46. The molecule has 11 heavy (non-hydrogen) atoms. The molecule has 0 saturated heterocycles. The first kappa shape index (κ1) is 13.7. The van der Waals surface area contributed by atoms with E-state index >= 15 is 0 Å². The molecule has 0 unspecified atom stereocenters. The molecule has 0 fully saturated rings. The fraction of sp³-hybridized carbons (Fsp3) is 1.00. The van der Waals surface area contributed by atoms with Gasteiger partial charge in [-0.25, -0.2) is 0 Å². The van der Waals surface area contributed by atoms with Crippen LogP contribution in [0.5, 0.6) is 0 Å². The standard InChI is InChI=1S/C3HF6O.Li/c4-2(5,6)1(10)3(7,8)9;/h1H;/q-1;+1. The fourth-order valence-electron chi connectivity index (χ4n) is 0.186. The minimum Gasteiger partial charge on any atom is -0.839 e. The second kappa shape index (κ2) is 3.69. The van der Waals surface area contributed by atoms with E-state index in [0.717, 1.165) is 0 Å². The van der Waals surface area contributed by atoms with Crippen molar-refractivity contribution < 1.29 is 50.3 Å². The van der Waals surface area contributed by atoms with Gasteiger partial charge in [-0.2, -0.15) is 26.3 Å². The molecule has 0 saturated carbocycles. The Kier molecular flexibility index (Phi) is 4.60. The van der Waals surface area contributed by atoms with Gasteiger partial charge in [0.2, 0.25) is 0 Å². The van der Waals surface area contributed by atoms with E-state index in [1.165, 1.54) is 0 Å². The second-order valence-electron chi connectivity index (χ2n) is 1.46. The van der Waals surface area contributed by atoms with Crippen LogP contribution < -0.4 is 24.0 Å². The SMILES string of the molecule is [Li+].[O-]C(C(F)(F)F)C(F)(F)F. The Morgan fingerprint density at radius 1 is 0.818 bits per heavy atom. The van der Waals surface area contributed by atoms with Gasteiger partial charge in [0, 0.05) is 0 Å². The molecular formula is C3HF6LiO. The summed E-state index contributed by atoms with van der Waals surface area (Å²) < 4.78 is 65.5. The molecule has 62 valence electrons. The minimum absolute atomic E-state index is 0. The monoisotopic (exact) mass is 174 g/mol. The van der Waals surface area contributed by atoms with Crippen molar-refractivity contribution in [3.8, 4) is 0 Å². The predicted molar refractivity (Wildman–Crippen MR) is 15.9 cm³/mol. The van der Waals surface area contributed by atoms with Gasteiger partial charge in [0.15, 0.2) is 0 Å². The summed E-state index contributed by atoms with van der Waals surface area (Å²) in [6.07, 6.45) is -16.0. The Morgan fingerprint density at radius 2 is 1.00 bits per heavy atom. The number of alkyl halides is 6. The van der Waals surface area contributed by atoms with Gasteiger partial charge in [-0.15, -0.1) is 0 Å². The zero-order valence-electron chi connectivity index (χ0n) is 5.25. The average Bonchev–Trinajstić information content (AvgIpc) is 1.59. The minimum atomic E-state index is -5.74. The zero-order valence-corrected chi connectivity index (χ0v) is 5.25. The van der Waals surface area contributed by atoms with E-state index in [0.29, 0.717) is 0 Å². The summed E-state index contributed by atoms with van der Waals surface area (Å²) in [4.78, 5) is 0. The van der Waals surface area contributed by atoms with E-state index in [-0.39, 0.29) is 18.9 Å². The van der Waals surface area contributed by atoms with Gasteiger partial charge in [-0.05, 0) is 0 Å². The summed E-state index contributed by atoms with van der Waals surface area (Å²) in [5.41, 5.74) is 0. The van der Waals surface area contributed by atoms with Crippen LogP contribution in [0, 0.1) is 0 Å². The van der Waals surface area contributed by atoms with Crippen molar-refractivity contribution in [3.05, 3.63) is 0 Å². The van der Waals surface area contributed by atoms with Crippen molar-refractivity contribution in [1.29, 1.82) is 0 Å². The number of hydrogen-bond donors (Lipinski definition) is 0. The van der Waals surface area contributed by atoms with Crippen molar-refractivity contribution in [1.82, 2.24) is 0 Å². The molecule has 0 aliphatic carbocycles. The Morgan fingerprint density at radius 3 is 1.00 bits per heavy atom. The van der Waals surface area contributed by atoms with Crippen LogP contribution in [0.4, 0.5) is 26.3 Å². The molecule has 0 N–H and O–H groups in total. The largest absolute Gasteiger partial charge is 1.00 e. The van der Waals surface area contributed by atoms with Crippen molar-refractivity contribution in [3.63, 3.8) is 0 Å². The summed E-state index contributed by atoms with van der Waals surface area (Å²) >= 11 is 0. The maximum absolute atomic E-state index is 10.9. The average molecular weight is 174 g/mol. The first-order valence-electron chi connectivity index (χ1n) is 1.95. The van der Waals surface area contributed by atoms with E-state index in [9.17, 15) is 31.4 Å². The molecule has 8 heteroatoms. The molecule has 0 bridgehead atoms. The fourth-order valence-corrected chi connectivity index (χ4v) is 0.186. The summed E-state index contributed by atoms with van der Waals surface area (Å²) in [6, 6.07) is 0. The van der Waals surface area contributed by atoms with E-state index in [4.69, 9.17) is 0 Å². The summed E-state index contributed by atoms with van der Waals surface area (Å²) in [5, 5.41) is 9.32. The van der Waals surface area contributed by atoms with Crippen LogP contribution in [0.3, 0.4) is 0 Å². The van der Waals surface area contributed by atoms with Gasteiger partial charge in [0.25, 0.3) is 0 Å². The van der Waals surface area contributed by atoms with Gasteiger partial charge in [0.1, 0.15) is 0 Å². The van der Waals surface area contributed by atoms with Crippen LogP contribution in [0.1, 0.15) is 0 Å². The molecule has 0 aromatic rings. The number of halogens is 6. The first-order valence-corrected chi connectivity index (χ1v) is 1.95. The third-order valence-corrected chi connectivity index (χ3v) is 0.595. The summed E-state index contributed by atoms with van der Waals surface area (Å²) in [5.74, 6) is 0. The van der Waals surface area contributed by atoms with Crippen LogP contribution in [-0.4, -0.2) is 18.5 Å². The first-order chi connectivity index (χ1) is 4.15. The molecule has 0 aliphatic rings. The summed E-state index contributed by atoms with van der Waals surface area (Å²) in [7, 11) is 0. The topological polar surface area (TPSA) is 23.1 Å². The van der Waals surface area contributed by atoms with Crippen molar-refractivity contribution in [2.24, 2.45) is 0 Å². The van der Waals surface area contributed by atoms with E-state index in [1.807, 2.05) is 0 Å². The van der Waals surface area contributed by atoms with Gasteiger partial charge in [0.05, 0.1) is 6.10 Å². The Labute approximate surface area is 69.6 Å². The Balaban J connectivity index is 0. The van der Waals surface area contributed by atoms with Crippen molar-refractivity contribution >= 4 is 0 Å². The third kappa shape index (κ3) is 4.56. The molecule has 0 atom stereocenters. The molecule has 0 aliphatic heterocycles. The van der Waals surface area contributed by atoms with Crippen LogP contribution in [-0.2, 0) is 0 Å². The Bertz CT molecular complexity index is 102. The van der Waals surface area contributed by atoms with E-state index < -0.39 is 18.5 Å². The van der Waals surface area contributed by atoms with E-state index in [2.05, 4.69) is 0 Å². The predicted octanol–water partition coefficient (Wildman–Crippen LogP) is -2.16. The van der Waals surface area contributed by atoms with Crippen LogP contribution in [0.25, 0.3) is 0 Å². The smallest absolute Gasteiger partial charge is 0.839 e. The van der Waals surface area contributed by atoms with Crippen molar-refractivity contribution in [2.75, 3.05) is 0 Å². The molecule has 0 radical (unpaired) electrons. The number of hydrogen-bond acceptors (Lipinski definition) is 1. The van der Waals surface area contributed by atoms with Crippen LogP contribution >= 0.6 is 0 Å².